The molecule has 3 heterocycles. The lowest BCUT2D eigenvalue weighted by Crippen LogP contribution is -2.22. The van der Waals surface area contributed by atoms with Crippen LogP contribution in [0.4, 0.5) is 5.13 Å². The van der Waals surface area contributed by atoms with Gasteiger partial charge >= 0.3 is 0 Å². The lowest BCUT2D eigenvalue weighted by Gasteiger charge is -2.05. The standard InChI is InChI=1S/C12H12N4O2S/c17-11(9-3-6-18-7-9)15-12-14-10(16-19-12)8-1-4-13-5-2-8/h1-2,4-5,9H,3,6-7H2,(H,14,15,16,17)/t9-/m0/s1. The van der Waals surface area contributed by atoms with Gasteiger partial charge in [0, 0.05) is 36.1 Å². The molecule has 0 saturated carbocycles. The van der Waals surface area contributed by atoms with Crippen molar-refractivity contribution in [1.29, 1.82) is 0 Å². The number of aromatic nitrogens is 3. The average Bonchev–Trinajstić information content (AvgIpc) is 3.11. The highest BCUT2D eigenvalue weighted by atomic mass is 32.1. The van der Waals surface area contributed by atoms with Gasteiger partial charge in [0.1, 0.15) is 0 Å². The van der Waals surface area contributed by atoms with Gasteiger partial charge in [0.15, 0.2) is 5.82 Å². The molecule has 0 aromatic carbocycles. The Morgan fingerprint density at radius 1 is 1.42 bits per heavy atom. The van der Waals surface area contributed by atoms with Crippen LogP contribution in [0.15, 0.2) is 24.5 Å². The van der Waals surface area contributed by atoms with Crippen LogP contribution in [0.3, 0.4) is 0 Å². The first-order valence-corrected chi connectivity index (χ1v) is 6.73. The summed E-state index contributed by atoms with van der Waals surface area (Å²) in [4.78, 5) is 20.1. The van der Waals surface area contributed by atoms with Crippen molar-refractivity contribution in [2.75, 3.05) is 18.5 Å². The molecule has 19 heavy (non-hydrogen) atoms. The molecule has 0 aliphatic carbocycles. The molecule has 2 aromatic heterocycles. The van der Waals surface area contributed by atoms with E-state index >= 15 is 0 Å². The van der Waals surface area contributed by atoms with Crippen LogP contribution in [0.2, 0.25) is 0 Å². The number of carbonyl (C=O) groups is 1. The maximum atomic E-state index is 11.9. The number of carbonyl (C=O) groups excluding carboxylic acids is 1. The summed E-state index contributed by atoms with van der Waals surface area (Å²) in [5.41, 5.74) is 0.885. The van der Waals surface area contributed by atoms with E-state index in [2.05, 4.69) is 19.7 Å². The van der Waals surface area contributed by atoms with E-state index in [-0.39, 0.29) is 11.8 Å². The topological polar surface area (TPSA) is 77.0 Å². The maximum Gasteiger partial charge on any atom is 0.231 e. The van der Waals surface area contributed by atoms with Crippen LogP contribution in [0.5, 0.6) is 0 Å². The third-order valence-corrected chi connectivity index (χ3v) is 3.53. The van der Waals surface area contributed by atoms with E-state index < -0.39 is 0 Å². The first-order valence-electron chi connectivity index (χ1n) is 5.95. The van der Waals surface area contributed by atoms with Gasteiger partial charge in [-0.15, -0.1) is 0 Å². The molecule has 1 atom stereocenters. The quantitative estimate of drug-likeness (QED) is 0.921. The minimum absolute atomic E-state index is 0.0464. The summed E-state index contributed by atoms with van der Waals surface area (Å²) < 4.78 is 9.41. The van der Waals surface area contributed by atoms with E-state index in [9.17, 15) is 4.79 Å². The number of rotatable bonds is 3. The summed E-state index contributed by atoms with van der Waals surface area (Å²) in [7, 11) is 0. The van der Waals surface area contributed by atoms with Crippen molar-refractivity contribution in [3.05, 3.63) is 24.5 Å². The van der Waals surface area contributed by atoms with Crippen LogP contribution in [0, 0.1) is 5.92 Å². The Balaban J connectivity index is 1.70. The van der Waals surface area contributed by atoms with Crippen LogP contribution in [0.25, 0.3) is 11.4 Å². The Morgan fingerprint density at radius 3 is 3.00 bits per heavy atom. The molecule has 0 unspecified atom stereocenters. The van der Waals surface area contributed by atoms with Gasteiger partial charge in [-0.25, -0.2) is 0 Å². The predicted octanol–water partition coefficient (Wildman–Crippen LogP) is 1.58. The van der Waals surface area contributed by atoms with Gasteiger partial charge in [0.25, 0.3) is 0 Å². The second kappa shape index (κ2) is 5.41. The highest BCUT2D eigenvalue weighted by molar-refractivity contribution is 7.10. The molecular formula is C12H12N4O2S. The van der Waals surface area contributed by atoms with Crippen molar-refractivity contribution < 1.29 is 9.53 Å². The fraction of sp³-hybridized carbons (Fsp3) is 0.333. The number of pyridine rings is 1. The lowest BCUT2D eigenvalue weighted by molar-refractivity contribution is -0.119. The first-order chi connectivity index (χ1) is 9.33. The number of hydrogen-bond acceptors (Lipinski definition) is 6. The van der Waals surface area contributed by atoms with Gasteiger partial charge in [0.05, 0.1) is 12.5 Å². The van der Waals surface area contributed by atoms with Gasteiger partial charge in [-0.1, -0.05) is 0 Å². The molecule has 1 amide bonds. The minimum Gasteiger partial charge on any atom is -0.381 e. The molecule has 0 spiro atoms. The maximum absolute atomic E-state index is 11.9. The second-order valence-electron chi connectivity index (χ2n) is 4.21. The zero-order valence-corrected chi connectivity index (χ0v) is 10.9. The largest absolute Gasteiger partial charge is 0.381 e. The molecule has 0 radical (unpaired) electrons. The lowest BCUT2D eigenvalue weighted by atomic mass is 10.1. The van der Waals surface area contributed by atoms with Gasteiger partial charge < -0.3 is 10.1 Å². The molecule has 1 saturated heterocycles. The van der Waals surface area contributed by atoms with E-state index in [0.29, 0.717) is 24.2 Å². The Kier molecular flexibility index (Phi) is 3.47. The second-order valence-corrected chi connectivity index (χ2v) is 4.96. The molecule has 1 N–H and O–H groups in total. The molecule has 7 heteroatoms. The summed E-state index contributed by atoms with van der Waals surface area (Å²) in [6.07, 6.45) is 4.14. The highest BCUT2D eigenvalue weighted by Crippen LogP contribution is 2.21. The van der Waals surface area contributed by atoms with Crippen molar-refractivity contribution in [2.45, 2.75) is 6.42 Å². The molecule has 1 aliphatic rings. The average molecular weight is 276 g/mol. The van der Waals surface area contributed by atoms with Crippen molar-refractivity contribution in [3.63, 3.8) is 0 Å². The SMILES string of the molecule is O=C(Nc1nc(-c2ccncc2)ns1)[C@H]1CCOC1. The highest BCUT2D eigenvalue weighted by Gasteiger charge is 2.24. The monoisotopic (exact) mass is 276 g/mol. The summed E-state index contributed by atoms with van der Waals surface area (Å²) in [6.45, 7) is 1.14. The van der Waals surface area contributed by atoms with Crippen LogP contribution in [0.1, 0.15) is 6.42 Å². The molecule has 1 aliphatic heterocycles. The Morgan fingerprint density at radius 2 is 2.26 bits per heavy atom. The third kappa shape index (κ3) is 2.77. The minimum atomic E-state index is -0.0757. The van der Waals surface area contributed by atoms with Gasteiger partial charge in [-0.05, 0) is 18.6 Å². The molecule has 1 fully saturated rings. The van der Waals surface area contributed by atoms with Gasteiger partial charge in [-0.3, -0.25) is 9.78 Å². The van der Waals surface area contributed by atoms with Gasteiger partial charge in [-0.2, -0.15) is 9.36 Å². The number of anilines is 1. The van der Waals surface area contributed by atoms with E-state index in [1.807, 2.05) is 12.1 Å². The first kappa shape index (κ1) is 12.2. The Labute approximate surface area is 114 Å². The van der Waals surface area contributed by atoms with Crippen molar-refractivity contribution >= 4 is 22.6 Å². The normalized spacial score (nSPS) is 18.4. The van der Waals surface area contributed by atoms with Crippen molar-refractivity contribution in [1.82, 2.24) is 14.3 Å². The Bertz CT molecular complexity index is 566. The molecule has 3 rings (SSSR count). The summed E-state index contributed by atoms with van der Waals surface area (Å²) in [6, 6.07) is 3.66. The zero-order chi connectivity index (χ0) is 13.1. The van der Waals surface area contributed by atoms with E-state index in [1.165, 1.54) is 11.5 Å². The molecule has 98 valence electrons. The fourth-order valence-electron chi connectivity index (χ4n) is 1.84. The number of ether oxygens (including phenoxy) is 1. The van der Waals surface area contributed by atoms with Crippen LogP contribution < -0.4 is 5.32 Å². The number of nitrogens with one attached hydrogen (secondary N) is 1. The third-order valence-electron chi connectivity index (χ3n) is 2.90. The summed E-state index contributed by atoms with van der Waals surface area (Å²) in [5, 5.41) is 3.30. The fourth-order valence-corrected chi connectivity index (χ4v) is 2.43. The smallest absolute Gasteiger partial charge is 0.231 e. The van der Waals surface area contributed by atoms with Crippen molar-refractivity contribution in [2.24, 2.45) is 5.92 Å². The van der Waals surface area contributed by atoms with Crippen LogP contribution in [-0.2, 0) is 9.53 Å². The zero-order valence-electron chi connectivity index (χ0n) is 10.1. The van der Waals surface area contributed by atoms with Crippen LogP contribution >= 0.6 is 11.5 Å². The molecule has 0 bridgehead atoms. The summed E-state index contributed by atoms with van der Waals surface area (Å²) >= 11 is 1.18. The number of hydrogen-bond donors (Lipinski definition) is 1. The van der Waals surface area contributed by atoms with Crippen LogP contribution in [-0.4, -0.2) is 33.5 Å². The predicted molar refractivity (Wildman–Crippen MR) is 70.7 cm³/mol. The number of amides is 1. The van der Waals surface area contributed by atoms with Gasteiger partial charge in [0.2, 0.25) is 11.0 Å². The molecule has 2 aromatic rings. The Hall–Kier alpha value is -1.86. The summed E-state index contributed by atoms with van der Waals surface area (Å²) in [5.74, 6) is 0.480. The van der Waals surface area contributed by atoms with E-state index in [4.69, 9.17) is 4.74 Å². The molecular weight excluding hydrogens is 264 g/mol. The number of nitrogens with zero attached hydrogens (tertiary/aromatic N) is 3. The van der Waals surface area contributed by atoms with E-state index in [0.717, 1.165) is 12.0 Å². The van der Waals surface area contributed by atoms with E-state index in [1.54, 1.807) is 12.4 Å². The van der Waals surface area contributed by atoms with Crippen molar-refractivity contribution in [3.8, 4) is 11.4 Å². The molecule has 6 nitrogen and oxygen atoms in total.